The number of nitrogens with one attached hydrogen (secondary N) is 2. The number of aromatic nitrogens is 1. The number of aryl methyl sites for hydroxylation is 1. The fourth-order valence-electron chi connectivity index (χ4n) is 2.64. The van der Waals surface area contributed by atoms with Crippen LogP contribution in [0.5, 0.6) is 11.5 Å². The zero-order valence-electron chi connectivity index (χ0n) is 14.6. The standard InChI is InChI=1S/C21H17N3O2S/c1-14-22-19-13-16(9-12-20(19)27-14)24-21(25)23-15-7-10-18(11-8-15)26-17-5-3-2-4-6-17/h2-13H,1H3,(H2,23,24,25). The van der Waals surface area contributed by atoms with E-state index in [9.17, 15) is 4.79 Å². The first-order chi connectivity index (χ1) is 13.2. The first-order valence-corrected chi connectivity index (χ1v) is 9.25. The van der Waals surface area contributed by atoms with Crippen LogP contribution in [-0.4, -0.2) is 11.0 Å². The fourth-order valence-corrected chi connectivity index (χ4v) is 3.45. The van der Waals surface area contributed by atoms with E-state index in [1.807, 2.05) is 67.6 Å². The van der Waals surface area contributed by atoms with Gasteiger partial charge in [-0.3, -0.25) is 0 Å². The van der Waals surface area contributed by atoms with Crippen molar-refractivity contribution in [1.29, 1.82) is 0 Å². The molecule has 1 heterocycles. The number of fused-ring (bicyclic) bond motifs is 1. The number of thiazole rings is 1. The molecule has 1 aromatic heterocycles. The molecule has 0 aliphatic carbocycles. The number of nitrogens with zero attached hydrogens (tertiary/aromatic N) is 1. The van der Waals surface area contributed by atoms with E-state index in [0.29, 0.717) is 17.1 Å². The van der Waals surface area contributed by atoms with Gasteiger partial charge < -0.3 is 15.4 Å². The summed E-state index contributed by atoms with van der Waals surface area (Å²) in [5, 5.41) is 6.65. The lowest BCUT2D eigenvalue weighted by Gasteiger charge is -2.09. The summed E-state index contributed by atoms with van der Waals surface area (Å²) < 4.78 is 6.85. The summed E-state index contributed by atoms with van der Waals surface area (Å²) in [6.07, 6.45) is 0. The number of urea groups is 1. The highest BCUT2D eigenvalue weighted by atomic mass is 32.1. The van der Waals surface area contributed by atoms with Crippen molar-refractivity contribution < 1.29 is 9.53 Å². The maximum absolute atomic E-state index is 12.2. The summed E-state index contributed by atoms with van der Waals surface area (Å²) >= 11 is 1.63. The lowest BCUT2D eigenvalue weighted by Crippen LogP contribution is -2.19. The molecule has 0 bridgehead atoms. The summed E-state index contributed by atoms with van der Waals surface area (Å²) in [5.74, 6) is 1.47. The van der Waals surface area contributed by atoms with Crippen molar-refractivity contribution in [3.05, 3.63) is 77.8 Å². The van der Waals surface area contributed by atoms with E-state index in [1.54, 1.807) is 23.5 Å². The Kier molecular flexibility index (Phi) is 4.72. The summed E-state index contributed by atoms with van der Waals surface area (Å²) in [7, 11) is 0. The van der Waals surface area contributed by atoms with Gasteiger partial charge in [-0.25, -0.2) is 9.78 Å². The second-order valence-electron chi connectivity index (χ2n) is 5.93. The van der Waals surface area contributed by atoms with Crippen LogP contribution in [-0.2, 0) is 0 Å². The van der Waals surface area contributed by atoms with Crippen LogP contribution >= 0.6 is 11.3 Å². The molecule has 0 unspecified atom stereocenters. The van der Waals surface area contributed by atoms with E-state index in [0.717, 1.165) is 21.0 Å². The minimum absolute atomic E-state index is 0.307. The summed E-state index contributed by atoms with van der Waals surface area (Å²) in [4.78, 5) is 16.7. The molecule has 27 heavy (non-hydrogen) atoms. The molecule has 0 spiro atoms. The van der Waals surface area contributed by atoms with Gasteiger partial charge in [0.1, 0.15) is 11.5 Å². The Bertz CT molecular complexity index is 1080. The monoisotopic (exact) mass is 375 g/mol. The number of amides is 2. The van der Waals surface area contributed by atoms with Crippen LogP contribution in [0.1, 0.15) is 5.01 Å². The molecule has 0 atom stereocenters. The Hall–Kier alpha value is -3.38. The van der Waals surface area contributed by atoms with E-state index < -0.39 is 0 Å². The molecule has 2 amide bonds. The van der Waals surface area contributed by atoms with E-state index in [-0.39, 0.29) is 6.03 Å². The highest BCUT2D eigenvalue weighted by molar-refractivity contribution is 7.18. The number of carbonyl (C=O) groups excluding carboxylic acids is 1. The van der Waals surface area contributed by atoms with Crippen molar-refractivity contribution in [3.63, 3.8) is 0 Å². The average Bonchev–Trinajstić information content (AvgIpc) is 3.03. The largest absolute Gasteiger partial charge is 0.457 e. The molecular formula is C21H17N3O2S. The quantitative estimate of drug-likeness (QED) is 0.457. The van der Waals surface area contributed by atoms with Gasteiger partial charge in [0.2, 0.25) is 0 Å². The van der Waals surface area contributed by atoms with Gasteiger partial charge >= 0.3 is 6.03 Å². The van der Waals surface area contributed by atoms with Crippen molar-refractivity contribution in [1.82, 2.24) is 4.98 Å². The second kappa shape index (κ2) is 7.47. The number of hydrogen-bond acceptors (Lipinski definition) is 4. The highest BCUT2D eigenvalue weighted by Crippen LogP contribution is 2.25. The van der Waals surface area contributed by atoms with Gasteiger partial charge in [0.05, 0.1) is 15.2 Å². The van der Waals surface area contributed by atoms with Crippen LogP contribution < -0.4 is 15.4 Å². The molecule has 0 aliphatic rings. The Labute approximate surface area is 160 Å². The van der Waals surface area contributed by atoms with Crippen LogP contribution in [0.3, 0.4) is 0 Å². The number of ether oxygens (including phenoxy) is 1. The van der Waals surface area contributed by atoms with E-state index >= 15 is 0 Å². The fraction of sp³-hybridized carbons (Fsp3) is 0.0476. The third-order valence-electron chi connectivity index (χ3n) is 3.84. The minimum Gasteiger partial charge on any atom is -0.457 e. The highest BCUT2D eigenvalue weighted by Gasteiger charge is 2.06. The molecule has 0 saturated carbocycles. The molecular weight excluding hydrogens is 358 g/mol. The van der Waals surface area contributed by atoms with Gasteiger partial charge in [-0.1, -0.05) is 18.2 Å². The molecule has 0 saturated heterocycles. The normalized spacial score (nSPS) is 10.6. The Balaban J connectivity index is 1.38. The number of rotatable bonds is 4. The smallest absolute Gasteiger partial charge is 0.323 e. The van der Waals surface area contributed by atoms with Crippen LogP contribution in [0.25, 0.3) is 10.2 Å². The van der Waals surface area contributed by atoms with Gasteiger partial charge in [-0.2, -0.15) is 0 Å². The van der Waals surface area contributed by atoms with Crippen molar-refractivity contribution in [3.8, 4) is 11.5 Å². The Morgan fingerprint density at radius 1 is 0.889 bits per heavy atom. The molecule has 2 N–H and O–H groups in total. The Morgan fingerprint density at radius 3 is 2.33 bits per heavy atom. The van der Waals surface area contributed by atoms with Gasteiger partial charge in [0, 0.05) is 11.4 Å². The molecule has 5 nitrogen and oxygen atoms in total. The van der Waals surface area contributed by atoms with Crippen molar-refractivity contribution in [2.45, 2.75) is 6.92 Å². The first-order valence-electron chi connectivity index (χ1n) is 8.44. The van der Waals surface area contributed by atoms with E-state index in [4.69, 9.17) is 4.74 Å². The van der Waals surface area contributed by atoms with Crippen molar-refractivity contribution in [2.24, 2.45) is 0 Å². The van der Waals surface area contributed by atoms with Gasteiger partial charge in [0.15, 0.2) is 0 Å². The molecule has 6 heteroatoms. The number of carbonyl (C=O) groups is 1. The average molecular weight is 375 g/mol. The van der Waals surface area contributed by atoms with Crippen LogP contribution in [0.2, 0.25) is 0 Å². The number of para-hydroxylation sites is 1. The molecule has 4 aromatic rings. The maximum atomic E-state index is 12.2. The first kappa shape index (κ1) is 17.1. The van der Waals surface area contributed by atoms with Crippen LogP contribution in [0, 0.1) is 6.92 Å². The third kappa shape index (κ3) is 4.24. The van der Waals surface area contributed by atoms with E-state index in [2.05, 4.69) is 15.6 Å². The summed E-state index contributed by atoms with van der Waals surface area (Å²) in [5.41, 5.74) is 2.27. The van der Waals surface area contributed by atoms with Gasteiger partial charge in [0.25, 0.3) is 0 Å². The predicted molar refractivity (Wildman–Crippen MR) is 110 cm³/mol. The van der Waals surface area contributed by atoms with Gasteiger partial charge in [-0.15, -0.1) is 11.3 Å². The van der Waals surface area contributed by atoms with Crippen molar-refractivity contribution >= 4 is 39.0 Å². The topological polar surface area (TPSA) is 63.2 Å². The zero-order valence-corrected chi connectivity index (χ0v) is 15.4. The predicted octanol–water partition coefficient (Wildman–Crippen LogP) is 6.04. The lowest BCUT2D eigenvalue weighted by atomic mass is 10.3. The van der Waals surface area contributed by atoms with Crippen LogP contribution in [0.4, 0.5) is 16.2 Å². The second-order valence-corrected chi connectivity index (χ2v) is 7.17. The molecule has 3 aromatic carbocycles. The molecule has 134 valence electrons. The SMILES string of the molecule is Cc1nc2cc(NC(=O)Nc3ccc(Oc4ccccc4)cc3)ccc2s1. The van der Waals surface area contributed by atoms with Crippen molar-refractivity contribution in [2.75, 3.05) is 10.6 Å². The number of benzene rings is 3. The zero-order chi connectivity index (χ0) is 18.6. The third-order valence-corrected chi connectivity index (χ3v) is 4.80. The lowest BCUT2D eigenvalue weighted by molar-refractivity contribution is 0.262. The molecule has 0 radical (unpaired) electrons. The number of anilines is 2. The minimum atomic E-state index is -0.307. The Morgan fingerprint density at radius 2 is 1.56 bits per heavy atom. The molecule has 0 fully saturated rings. The molecule has 4 rings (SSSR count). The van der Waals surface area contributed by atoms with E-state index in [1.165, 1.54) is 0 Å². The summed E-state index contributed by atoms with van der Waals surface area (Å²) in [6.45, 7) is 1.97. The van der Waals surface area contributed by atoms with Gasteiger partial charge in [-0.05, 0) is 61.5 Å². The van der Waals surface area contributed by atoms with Crippen LogP contribution in [0.15, 0.2) is 72.8 Å². The number of hydrogen-bond donors (Lipinski definition) is 2. The maximum Gasteiger partial charge on any atom is 0.323 e. The molecule has 0 aliphatic heterocycles. The summed E-state index contributed by atoms with van der Waals surface area (Å²) in [6, 6.07) is 22.2.